The van der Waals surface area contributed by atoms with Gasteiger partial charge in [-0.2, -0.15) is 0 Å². The van der Waals surface area contributed by atoms with Crippen molar-refractivity contribution in [2.24, 2.45) is 0 Å². The van der Waals surface area contributed by atoms with E-state index in [1.807, 2.05) is 12.1 Å². The van der Waals surface area contributed by atoms with Crippen molar-refractivity contribution in [2.45, 2.75) is 38.7 Å². The van der Waals surface area contributed by atoms with Gasteiger partial charge >= 0.3 is 0 Å². The molecule has 3 heteroatoms. The Morgan fingerprint density at radius 3 is 2.06 bits per heavy atom. The van der Waals surface area contributed by atoms with E-state index >= 15 is 0 Å². The minimum Gasteiger partial charge on any atom is -0.287 e. The zero-order chi connectivity index (χ0) is 12.7. The highest BCUT2D eigenvalue weighted by Crippen LogP contribution is 2.28. The molecule has 0 aliphatic carbocycles. The number of likely N-dealkylation sites (tertiary alicyclic amines) is 1. The maximum absolute atomic E-state index is 12.7. The molecule has 0 spiro atoms. The van der Waals surface area contributed by atoms with E-state index < -0.39 is 5.92 Å². The van der Waals surface area contributed by atoms with Crippen molar-refractivity contribution in [1.82, 2.24) is 4.90 Å². The van der Waals surface area contributed by atoms with E-state index in [4.69, 9.17) is 0 Å². The summed E-state index contributed by atoms with van der Waals surface area (Å²) < 4.78 is 25.3. The highest BCUT2D eigenvalue weighted by atomic mass is 19.3. The third-order valence-electron chi connectivity index (χ3n) is 3.14. The van der Waals surface area contributed by atoms with Crippen molar-refractivity contribution in [3.8, 4) is 0 Å². The van der Waals surface area contributed by atoms with Crippen LogP contribution < -0.4 is 0 Å². The number of halogens is 2. The molecule has 1 heterocycles. The Hall–Kier alpha value is -0.960. The van der Waals surface area contributed by atoms with Crippen LogP contribution in [-0.2, 0) is 12.0 Å². The lowest BCUT2D eigenvalue weighted by atomic mass is 9.86. The van der Waals surface area contributed by atoms with Crippen LogP contribution in [0.15, 0.2) is 24.3 Å². The van der Waals surface area contributed by atoms with Crippen LogP contribution in [0, 0.1) is 0 Å². The van der Waals surface area contributed by atoms with Crippen LogP contribution >= 0.6 is 0 Å². The Morgan fingerprint density at radius 2 is 1.65 bits per heavy atom. The Morgan fingerprint density at radius 1 is 1.12 bits per heavy atom. The minimum atomic E-state index is -2.47. The second-order valence-corrected chi connectivity index (χ2v) is 5.95. The fourth-order valence-corrected chi connectivity index (χ4v) is 2.09. The van der Waals surface area contributed by atoms with Gasteiger partial charge in [0.25, 0.3) is 5.92 Å². The van der Waals surface area contributed by atoms with Gasteiger partial charge in [0, 0.05) is 6.54 Å². The molecule has 17 heavy (non-hydrogen) atoms. The number of rotatable bonds is 2. The smallest absolute Gasteiger partial charge is 0.272 e. The van der Waals surface area contributed by atoms with E-state index in [1.165, 1.54) is 5.56 Å². The molecule has 0 aromatic heterocycles. The van der Waals surface area contributed by atoms with Gasteiger partial charge in [0.15, 0.2) is 0 Å². The largest absolute Gasteiger partial charge is 0.287 e. The van der Waals surface area contributed by atoms with Gasteiger partial charge in [-0.05, 0) is 16.5 Å². The maximum atomic E-state index is 12.7. The SMILES string of the molecule is CC(C)(C)c1ccc(CN2CC(F)(F)C2)cc1. The third-order valence-corrected chi connectivity index (χ3v) is 3.14. The second-order valence-electron chi connectivity index (χ2n) is 5.95. The van der Waals surface area contributed by atoms with Crippen LogP contribution in [0.2, 0.25) is 0 Å². The molecule has 2 rings (SSSR count). The number of benzene rings is 1. The molecule has 0 radical (unpaired) electrons. The molecule has 1 nitrogen and oxygen atoms in total. The Kier molecular flexibility index (Phi) is 2.98. The summed E-state index contributed by atoms with van der Waals surface area (Å²) in [4.78, 5) is 1.77. The van der Waals surface area contributed by atoms with Crippen LogP contribution in [0.5, 0.6) is 0 Å². The van der Waals surface area contributed by atoms with Gasteiger partial charge in [-0.15, -0.1) is 0 Å². The molecule has 0 unspecified atom stereocenters. The van der Waals surface area contributed by atoms with Gasteiger partial charge in [0.05, 0.1) is 13.1 Å². The summed E-state index contributed by atoms with van der Waals surface area (Å²) >= 11 is 0. The summed E-state index contributed by atoms with van der Waals surface area (Å²) in [6.07, 6.45) is 0. The third kappa shape index (κ3) is 3.03. The average Bonchev–Trinajstić information content (AvgIpc) is 2.14. The molecule has 1 aromatic carbocycles. The van der Waals surface area contributed by atoms with Crippen LogP contribution in [0.25, 0.3) is 0 Å². The predicted octanol–water partition coefficient (Wildman–Crippen LogP) is 3.44. The fourth-order valence-electron chi connectivity index (χ4n) is 2.09. The quantitative estimate of drug-likeness (QED) is 0.764. The lowest BCUT2D eigenvalue weighted by molar-refractivity contribution is -0.133. The normalized spacial score (nSPS) is 20.1. The first kappa shape index (κ1) is 12.5. The number of hydrogen-bond acceptors (Lipinski definition) is 1. The lowest BCUT2D eigenvalue weighted by Gasteiger charge is -2.38. The zero-order valence-corrected chi connectivity index (χ0v) is 10.6. The standard InChI is InChI=1S/C14H19F2N/c1-13(2,3)12-6-4-11(5-7-12)8-17-9-14(15,16)10-17/h4-7H,8-10H2,1-3H3. The number of alkyl halides is 2. The molecule has 1 saturated heterocycles. The molecule has 0 N–H and O–H groups in total. The molecule has 0 amide bonds. The zero-order valence-electron chi connectivity index (χ0n) is 10.6. The number of hydrogen-bond donors (Lipinski definition) is 0. The predicted molar refractivity (Wildman–Crippen MR) is 65.4 cm³/mol. The first-order valence-electron chi connectivity index (χ1n) is 5.96. The molecule has 1 aromatic rings. The van der Waals surface area contributed by atoms with Crippen LogP contribution in [0.3, 0.4) is 0 Å². The van der Waals surface area contributed by atoms with E-state index in [-0.39, 0.29) is 18.5 Å². The molecule has 1 aliphatic rings. The Labute approximate surface area is 101 Å². The summed E-state index contributed by atoms with van der Waals surface area (Å²) in [5.41, 5.74) is 2.52. The van der Waals surface area contributed by atoms with Crippen molar-refractivity contribution in [2.75, 3.05) is 13.1 Å². The minimum absolute atomic E-state index is 0.103. The van der Waals surface area contributed by atoms with Crippen molar-refractivity contribution >= 4 is 0 Å². The highest BCUT2D eigenvalue weighted by molar-refractivity contribution is 5.27. The Balaban J connectivity index is 1.96. The molecule has 0 atom stereocenters. The Bertz CT molecular complexity index is 382. The summed E-state index contributed by atoms with van der Waals surface area (Å²) in [5.74, 6) is -2.47. The summed E-state index contributed by atoms with van der Waals surface area (Å²) in [7, 11) is 0. The molecule has 1 fully saturated rings. The molecule has 0 bridgehead atoms. The van der Waals surface area contributed by atoms with Crippen molar-refractivity contribution in [3.05, 3.63) is 35.4 Å². The first-order valence-corrected chi connectivity index (χ1v) is 5.96. The van der Waals surface area contributed by atoms with Crippen LogP contribution in [0.4, 0.5) is 8.78 Å². The molecule has 0 saturated carbocycles. The van der Waals surface area contributed by atoms with Gasteiger partial charge < -0.3 is 0 Å². The lowest BCUT2D eigenvalue weighted by Crippen LogP contribution is -2.55. The molecular formula is C14H19F2N. The van der Waals surface area contributed by atoms with E-state index in [2.05, 4.69) is 32.9 Å². The summed E-state index contributed by atoms with van der Waals surface area (Å²) in [5, 5.41) is 0. The molecule has 1 aliphatic heterocycles. The van der Waals surface area contributed by atoms with Crippen LogP contribution in [0.1, 0.15) is 31.9 Å². The highest BCUT2D eigenvalue weighted by Gasteiger charge is 2.43. The van der Waals surface area contributed by atoms with E-state index in [0.717, 1.165) is 5.56 Å². The van der Waals surface area contributed by atoms with E-state index in [1.54, 1.807) is 4.90 Å². The average molecular weight is 239 g/mol. The fraction of sp³-hybridized carbons (Fsp3) is 0.571. The molecule has 94 valence electrons. The van der Waals surface area contributed by atoms with Gasteiger partial charge in [0.1, 0.15) is 0 Å². The first-order chi connectivity index (χ1) is 7.76. The van der Waals surface area contributed by atoms with Gasteiger partial charge in [-0.25, -0.2) is 8.78 Å². The second kappa shape index (κ2) is 4.05. The maximum Gasteiger partial charge on any atom is 0.272 e. The van der Waals surface area contributed by atoms with Crippen molar-refractivity contribution in [3.63, 3.8) is 0 Å². The van der Waals surface area contributed by atoms with Gasteiger partial charge in [-0.1, -0.05) is 45.0 Å². The topological polar surface area (TPSA) is 3.24 Å². The van der Waals surface area contributed by atoms with E-state index in [9.17, 15) is 8.78 Å². The van der Waals surface area contributed by atoms with Gasteiger partial charge in [0.2, 0.25) is 0 Å². The van der Waals surface area contributed by atoms with Crippen molar-refractivity contribution < 1.29 is 8.78 Å². The van der Waals surface area contributed by atoms with E-state index in [0.29, 0.717) is 6.54 Å². The van der Waals surface area contributed by atoms with Gasteiger partial charge in [-0.3, -0.25) is 4.90 Å². The summed E-state index contributed by atoms with van der Waals surface area (Å²) in [6.45, 7) is 6.91. The number of nitrogens with zero attached hydrogens (tertiary/aromatic N) is 1. The van der Waals surface area contributed by atoms with Crippen LogP contribution in [-0.4, -0.2) is 23.9 Å². The molecular weight excluding hydrogens is 220 g/mol. The van der Waals surface area contributed by atoms with Crippen molar-refractivity contribution in [1.29, 1.82) is 0 Å². The summed E-state index contributed by atoms with van der Waals surface area (Å²) in [6, 6.07) is 8.26. The monoisotopic (exact) mass is 239 g/mol.